The monoisotopic (exact) mass is 315 g/mol. The highest BCUT2D eigenvalue weighted by molar-refractivity contribution is 6.60. The second-order valence-corrected chi connectivity index (χ2v) is 5.95. The Labute approximate surface area is 134 Å². The van der Waals surface area contributed by atoms with Gasteiger partial charge in [0.1, 0.15) is 30.1 Å². The summed E-state index contributed by atoms with van der Waals surface area (Å²) in [5.41, 5.74) is 2.25. The van der Waals surface area contributed by atoms with Gasteiger partial charge in [0.25, 0.3) is 0 Å². The van der Waals surface area contributed by atoms with E-state index < -0.39 is 7.12 Å². The first kappa shape index (κ1) is 15.8. The summed E-state index contributed by atoms with van der Waals surface area (Å²) >= 11 is 0. The van der Waals surface area contributed by atoms with Gasteiger partial charge >= 0.3 is 7.12 Å². The van der Waals surface area contributed by atoms with Gasteiger partial charge < -0.3 is 19.3 Å². The number of hydrogen-bond donors (Lipinski definition) is 2. The van der Waals surface area contributed by atoms with Crippen LogP contribution >= 0.6 is 0 Å². The number of carbonyl (C=O) groups is 1. The average Bonchev–Trinajstić information content (AvgIpc) is 2.94. The van der Waals surface area contributed by atoms with Gasteiger partial charge in [-0.3, -0.25) is 4.79 Å². The molecule has 1 aromatic carbocycles. The SMILES string of the molecule is CC1CCc2onc(COc3ccc(B(O)O)c(C=O)c3)c2C1. The molecule has 2 N–H and O–H groups in total. The minimum absolute atomic E-state index is 0.153. The van der Waals surface area contributed by atoms with Crippen LogP contribution in [0.3, 0.4) is 0 Å². The highest BCUT2D eigenvalue weighted by Gasteiger charge is 2.23. The lowest BCUT2D eigenvalue weighted by molar-refractivity contribution is 0.112. The van der Waals surface area contributed by atoms with E-state index >= 15 is 0 Å². The Bertz CT molecular complexity index is 712. The first-order chi connectivity index (χ1) is 11.1. The molecule has 1 atom stereocenters. The van der Waals surface area contributed by atoms with Crippen LogP contribution < -0.4 is 10.2 Å². The van der Waals surface area contributed by atoms with E-state index in [1.807, 2.05) is 0 Å². The summed E-state index contributed by atoms with van der Waals surface area (Å²) in [5.74, 6) is 2.01. The standard InChI is InChI=1S/C16H18BNO5/c1-10-2-5-16-13(6-10)15(18-23-16)9-22-12-3-4-14(17(20)21)11(7-12)8-19/h3-4,7-8,10,20-21H,2,5-6,9H2,1H3. The number of aromatic nitrogens is 1. The topological polar surface area (TPSA) is 92.8 Å². The molecule has 0 radical (unpaired) electrons. The molecule has 2 aromatic rings. The van der Waals surface area contributed by atoms with Crippen LogP contribution in [0.15, 0.2) is 22.7 Å². The van der Waals surface area contributed by atoms with Gasteiger partial charge in [0, 0.05) is 17.5 Å². The lowest BCUT2D eigenvalue weighted by atomic mass is 9.77. The molecule has 1 aromatic heterocycles. The molecule has 0 amide bonds. The molecule has 1 heterocycles. The molecule has 7 heteroatoms. The van der Waals surface area contributed by atoms with Crippen LogP contribution in [0.1, 0.15) is 40.7 Å². The Hall–Kier alpha value is -2.12. The number of nitrogens with zero attached hydrogens (tertiary/aromatic N) is 1. The van der Waals surface area contributed by atoms with Crippen LogP contribution in [0.4, 0.5) is 0 Å². The third kappa shape index (κ3) is 3.30. The van der Waals surface area contributed by atoms with Crippen molar-refractivity contribution in [2.24, 2.45) is 5.92 Å². The third-order valence-electron chi connectivity index (χ3n) is 4.21. The van der Waals surface area contributed by atoms with Gasteiger partial charge in [0.15, 0.2) is 0 Å². The predicted molar refractivity (Wildman–Crippen MR) is 83.7 cm³/mol. The maximum absolute atomic E-state index is 11.0. The van der Waals surface area contributed by atoms with Crippen molar-refractivity contribution in [2.45, 2.75) is 32.8 Å². The number of aldehydes is 1. The molecular formula is C16H18BNO5. The van der Waals surface area contributed by atoms with Crippen molar-refractivity contribution in [3.8, 4) is 5.75 Å². The van der Waals surface area contributed by atoms with Gasteiger partial charge in [-0.1, -0.05) is 18.1 Å². The lowest BCUT2D eigenvalue weighted by Gasteiger charge is -2.16. The Kier molecular flexibility index (Phi) is 4.50. The van der Waals surface area contributed by atoms with E-state index in [0.717, 1.165) is 36.3 Å². The first-order valence-electron chi connectivity index (χ1n) is 7.63. The second kappa shape index (κ2) is 6.56. The zero-order chi connectivity index (χ0) is 16.4. The summed E-state index contributed by atoms with van der Waals surface area (Å²) in [6.45, 7) is 2.46. The van der Waals surface area contributed by atoms with Crippen molar-refractivity contribution in [2.75, 3.05) is 0 Å². The van der Waals surface area contributed by atoms with E-state index in [0.29, 0.717) is 18.0 Å². The van der Waals surface area contributed by atoms with Crippen LogP contribution in [0.5, 0.6) is 5.75 Å². The summed E-state index contributed by atoms with van der Waals surface area (Å²) < 4.78 is 11.1. The molecule has 120 valence electrons. The Balaban J connectivity index is 1.74. The molecule has 0 spiro atoms. The van der Waals surface area contributed by atoms with E-state index in [1.165, 1.54) is 12.1 Å². The Morgan fingerprint density at radius 3 is 3.04 bits per heavy atom. The fraction of sp³-hybridized carbons (Fsp3) is 0.375. The summed E-state index contributed by atoms with van der Waals surface area (Å²) in [6.07, 6.45) is 3.52. The van der Waals surface area contributed by atoms with Crippen LogP contribution in [-0.2, 0) is 19.4 Å². The highest BCUT2D eigenvalue weighted by atomic mass is 16.5. The van der Waals surface area contributed by atoms with Crippen molar-refractivity contribution < 1.29 is 24.1 Å². The van der Waals surface area contributed by atoms with Crippen LogP contribution in [0.2, 0.25) is 0 Å². The van der Waals surface area contributed by atoms with E-state index in [2.05, 4.69) is 12.1 Å². The van der Waals surface area contributed by atoms with Crippen molar-refractivity contribution in [1.82, 2.24) is 5.16 Å². The quantitative estimate of drug-likeness (QED) is 0.628. The molecule has 0 saturated heterocycles. The minimum atomic E-state index is -1.69. The number of hydrogen-bond acceptors (Lipinski definition) is 6. The summed E-state index contributed by atoms with van der Waals surface area (Å²) in [6, 6.07) is 4.54. The van der Waals surface area contributed by atoms with Crippen molar-refractivity contribution in [1.29, 1.82) is 0 Å². The predicted octanol–water partition coefficient (Wildman–Crippen LogP) is 0.871. The molecular weight excluding hydrogens is 297 g/mol. The smallest absolute Gasteiger partial charge is 0.487 e. The van der Waals surface area contributed by atoms with Crippen LogP contribution in [0.25, 0.3) is 0 Å². The van der Waals surface area contributed by atoms with E-state index in [4.69, 9.17) is 9.26 Å². The fourth-order valence-electron chi connectivity index (χ4n) is 2.88. The largest absolute Gasteiger partial charge is 0.489 e. The van der Waals surface area contributed by atoms with Crippen molar-refractivity contribution in [3.63, 3.8) is 0 Å². The number of fused-ring (bicyclic) bond motifs is 1. The second-order valence-electron chi connectivity index (χ2n) is 5.95. The lowest BCUT2D eigenvalue weighted by Crippen LogP contribution is -2.32. The molecule has 0 fully saturated rings. The minimum Gasteiger partial charge on any atom is -0.487 e. The summed E-state index contributed by atoms with van der Waals surface area (Å²) in [7, 11) is -1.69. The number of benzene rings is 1. The molecule has 6 nitrogen and oxygen atoms in total. The normalized spacial score (nSPS) is 16.7. The summed E-state index contributed by atoms with van der Waals surface area (Å²) in [4.78, 5) is 11.0. The van der Waals surface area contributed by atoms with E-state index in [9.17, 15) is 14.8 Å². The van der Waals surface area contributed by atoms with Gasteiger partial charge in [-0.05, 0) is 36.4 Å². The molecule has 0 bridgehead atoms. The molecule has 1 unspecified atom stereocenters. The summed E-state index contributed by atoms with van der Waals surface area (Å²) in [5, 5.41) is 22.5. The molecule has 1 aliphatic rings. The van der Waals surface area contributed by atoms with Crippen LogP contribution in [-0.4, -0.2) is 28.6 Å². The number of aryl methyl sites for hydroxylation is 1. The van der Waals surface area contributed by atoms with Gasteiger partial charge in [0.2, 0.25) is 0 Å². The Morgan fingerprint density at radius 1 is 1.48 bits per heavy atom. The van der Waals surface area contributed by atoms with E-state index in [-0.39, 0.29) is 17.6 Å². The number of carbonyl (C=O) groups excluding carboxylic acids is 1. The maximum atomic E-state index is 11.0. The number of rotatable bonds is 5. The fourth-order valence-corrected chi connectivity index (χ4v) is 2.88. The number of ether oxygens (including phenoxy) is 1. The molecule has 0 aliphatic heterocycles. The van der Waals surface area contributed by atoms with E-state index in [1.54, 1.807) is 6.07 Å². The third-order valence-corrected chi connectivity index (χ3v) is 4.21. The average molecular weight is 315 g/mol. The first-order valence-corrected chi connectivity index (χ1v) is 7.63. The van der Waals surface area contributed by atoms with Crippen molar-refractivity contribution >= 4 is 18.9 Å². The van der Waals surface area contributed by atoms with Gasteiger partial charge in [-0.25, -0.2) is 0 Å². The maximum Gasteiger partial charge on any atom is 0.489 e. The van der Waals surface area contributed by atoms with Gasteiger partial charge in [-0.2, -0.15) is 0 Å². The van der Waals surface area contributed by atoms with Gasteiger partial charge in [0.05, 0.1) is 0 Å². The Morgan fingerprint density at radius 2 is 2.30 bits per heavy atom. The zero-order valence-corrected chi connectivity index (χ0v) is 12.9. The van der Waals surface area contributed by atoms with Crippen LogP contribution in [0, 0.1) is 5.92 Å². The van der Waals surface area contributed by atoms with Gasteiger partial charge in [-0.15, -0.1) is 0 Å². The molecule has 0 saturated carbocycles. The highest BCUT2D eigenvalue weighted by Crippen LogP contribution is 2.28. The molecule has 1 aliphatic carbocycles. The molecule has 23 heavy (non-hydrogen) atoms. The molecule has 3 rings (SSSR count). The zero-order valence-electron chi connectivity index (χ0n) is 12.9. The van der Waals surface area contributed by atoms with Crippen molar-refractivity contribution in [3.05, 3.63) is 40.8 Å².